The number of furan rings is 1. The number of methoxy groups -OCH3 is 1. The monoisotopic (exact) mass is 393 g/mol. The summed E-state index contributed by atoms with van der Waals surface area (Å²) in [7, 11) is 1.63. The smallest absolute Gasteiger partial charge is 0.310 e. The number of carbonyl (C=O) groups excluding carboxylic acids is 1. The van der Waals surface area contributed by atoms with Crippen LogP contribution in [0.2, 0.25) is 0 Å². The predicted octanol–water partition coefficient (Wildman–Crippen LogP) is 5.16. The second-order valence-electron chi connectivity index (χ2n) is 6.44. The Balaban J connectivity index is 1.40. The fourth-order valence-corrected chi connectivity index (χ4v) is 3.84. The van der Waals surface area contributed by atoms with Gasteiger partial charge in [-0.05, 0) is 30.7 Å². The molecule has 0 atom stereocenters. The number of aromatic nitrogens is 1. The zero-order valence-electron chi connectivity index (χ0n) is 15.6. The molecule has 0 N–H and O–H groups in total. The van der Waals surface area contributed by atoms with E-state index in [1.807, 2.05) is 54.8 Å². The summed E-state index contributed by atoms with van der Waals surface area (Å²) in [6.07, 6.45) is 1.79. The Morgan fingerprint density at radius 2 is 2.07 bits per heavy atom. The molecule has 0 aliphatic rings. The van der Waals surface area contributed by atoms with Crippen LogP contribution < -0.4 is 4.74 Å². The maximum Gasteiger partial charge on any atom is 0.310 e. The standard InChI is InChI=1S/C22H19NO4S/c1-14-7-8-17-15(11-26-20(17)9-14)10-21(24)27-12-16-13-28-22(23-16)18-5-3-4-6-19(18)25-2/h3-9,11,13H,10,12H2,1-2H3. The highest BCUT2D eigenvalue weighted by Crippen LogP contribution is 2.32. The summed E-state index contributed by atoms with van der Waals surface area (Å²) in [5.41, 5.74) is 4.36. The first-order chi connectivity index (χ1) is 13.6. The van der Waals surface area contributed by atoms with Gasteiger partial charge in [0, 0.05) is 16.3 Å². The van der Waals surface area contributed by atoms with Crippen LogP contribution in [0.15, 0.2) is 58.5 Å². The van der Waals surface area contributed by atoms with E-state index in [4.69, 9.17) is 13.9 Å². The first-order valence-corrected chi connectivity index (χ1v) is 9.72. The summed E-state index contributed by atoms with van der Waals surface area (Å²) in [4.78, 5) is 16.8. The molecule has 0 bridgehead atoms. The highest BCUT2D eigenvalue weighted by Gasteiger charge is 2.14. The van der Waals surface area contributed by atoms with Gasteiger partial charge in [0.25, 0.3) is 0 Å². The van der Waals surface area contributed by atoms with Crippen LogP contribution in [0.4, 0.5) is 0 Å². The Morgan fingerprint density at radius 1 is 1.21 bits per heavy atom. The van der Waals surface area contributed by atoms with E-state index in [0.717, 1.165) is 38.4 Å². The third kappa shape index (κ3) is 3.77. The van der Waals surface area contributed by atoms with Crippen LogP contribution in [0.3, 0.4) is 0 Å². The van der Waals surface area contributed by atoms with Crippen molar-refractivity contribution >= 4 is 28.3 Å². The molecule has 28 heavy (non-hydrogen) atoms. The quantitative estimate of drug-likeness (QED) is 0.424. The molecule has 2 aromatic carbocycles. The fraction of sp³-hybridized carbons (Fsp3) is 0.182. The van der Waals surface area contributed by atoms with Crippen LogP contribution in [-0.4, -0.2) is 18.1 Å². The van der Waals surface area contributed by atoms with E-state index < -0.39 is 0 Å². The van der Waals surface area contributed by atoms with Gasteiger partial charge in [-0.1, -0.05) is 24.3 Å². The second kappa shape index (κ2) is 7.86. The van der Waals surface area contributed by atoms with E-state index in [-0.39, 0.29) is 19.0 Å². The molecule has 4 rings (SSSR count). The van der Waals surface area contributed by atoms with Crippen molar-refractivity contribution in [3.8, 4) is 16.3 Å². The zero-order valence-corrected chi connectivity index (χ0v) is 16.4. The number of aryl methyl sites for hydroxylation is 1. The lowest BCUT2D eigenvalue weighted by Crippen LogP contribution is -2.07. The van der Waals surface area contributed by atoms with Gasteiger partial charge in [-0.15, -0.1) is 11.3 Å². The van der Waals surface area contributed by atoms with E-state index in [2.05, 4.69) is 4.98 Å². The van der Waals surface area contributed by atoms with Crippen molar-refractivity contribution in [2.24, 2.45) is 0 Å². The highest BCUT2D eigenvalue weighted by atomic mass is 32.1. The van der Waals surface area contributed by atoms with Gasteiger partial charge >= 0.3 is 5.97 Å². The van der Waals surface area contributed by atoms with Crippen molar-refractivity contribution in [1.29, 1.82) is 0 Å². The van der Waals surface area contributed by atoms with Crippen molar-refractivity contribution in [1.82, 2.24) is 4.98 Å². The van der Waals surface area contributed by atoms with Crippen molar-refractivity contribution in [3.05, 3.63) is 70.9 Å². The number of hydrogen-bond donors (Lipinski definition) is 0. The van der Waals surface area contributed by atoms with Gasteiger partial charge in [0.15, 0.2) is 0 Å². The Bertz CT molecular complexity index is 1130. The van der Waals surface area contributed by atoms with E-state index in [1.54, 1.807) is 13.4 Å². The number of carbonyl (C=O) groups is 1. The van der Waals surface area contributed by atoms with Gasteiger partial charge in [-0.3, -0.25) is 4.79 Å². The molecule has 142 valence electrons. The lowest BCUT2D eigenvalue weighted by Gasteiger charge is -2.05. The minimum Gasteiger partial charge on any atom is -0.496 e. The molecular formula is C22H19NO4S. The summed E-state index contributed by atoms with van der Waals surface area (Å²) < 4.78 is 16.3. The molecule has 0 saturated heterocycles. The Morgan fingerprint density at radius 3 is 2.93 bits per heavy atom. The molecule has 5 nitrogen and oxygen atoms in total. The topological polar surface area (TPSA) is 61.6 Å². The molecule has 0 saturated carbocycles. The normalized spacial score (nSPS) is 10.9. The van der Waals surface area contributed by atoms with Crippen LogP contribution >= 0.6 is 11.3 Å². The van der Waals surface area contributed by atoms with Crippen LogP contribution in [0.1, 0.15) is 16.8 Å². The predicted molar refractivity (Wildman–Crippen MR) is 109 cm³/mol. The average Bonchev–Trinajstić information content (AvgIpc) is 3.33. The Kier molecular flexibility index (Phi) is 5.12. The minimum atomic E-state index is -0.310. The van der Waals surface area contributed by atoms with E-state index >= 15 is 0 Å². The summed E-state index contributed by atoms with van der Waals surface area (Å²) in [6.45, 7) is 2.14. The molecule has 0 aliphatic carbocycles. The first kappa shape index (κ1) is 18.3. The highest BCUT2D eigenvalue weighted by molar-refractivity contribution is 7.13. The number of hydrogen-bond acceptors (Lipinski definition) is 6. The average molecular weight is 393 g/mol. The molecule has 0 radical (unpaired) electrons. The van der Waals surface area contributed by atoms with Crippen molar-refractivity contribution < 1.29 is 18.7 Å². The molecular weight excluding hydrogens is 374 g/mol. The number of nitrogens with zero attached hydrogens (tertiary/aromatic N) is 1. The zero-order chi connectivity index (χ0) is 19.5. The van der Waals surface area contributed by atoms with Crippen molar-refractivity contribution in [2.75, 3.05) is 7.11 Å². The number of fused-ring (bicyclic) bond motifs is 1. The number of thiazole rings is 1. The van der Waals surface area contributed by atoms with Crippen LogP contribution in [0.5, 0.6) is 5.75 Å². The summed E-state index contributed by atoms with van der Waals surface area (Å²) >= 11 is 1.49. The number of rotatable bonds is 6. The summed E-state index contributed by atoms with van der Waals surface area (Å²) in [5, 5.41) is 3.67. The summed E-state index contributed by atoms with van der Waals surface area (Å²) in [5.74, 6) is 0.456. The van der Waals surface area contributed by atoms with Crippen LogP contribution in [0.25, 0.3) is 21.5 Å². The number of esters is 1. The third-order valence-corrected chi connectivity index (χ3v) is 5.34. The van der Waals surface area contributed by atoms with E-state index in [9.17, 15) is 4.79 Å². The fourth-order valence-electron chi connectivity index (χ4n) is 3.01. The van der Waals surface area contributed by atoms with Crippen molar-refractivity contribution in [2.45, 2.75) is 20.0 Å². The third-order valence-electron chi connectivity index (χ3n) is 4.42. The second-order valence-corrected chi connectivity index (χ2v) is 7.30. The van der Waals surface area contributed by atoms with Gasteiger partial charge < -0.3 is 13.9 Å². The van der Waals surface area contributed by atoms with Gasteiger partial charge in [-0.25, -0.2) is 4.98 Å². The maximum absolute atomic E-state index is 12.3. The SMILES string of the molecule is COc1ccccc1-c1nc(COC(=O)Cc2coc3cc(C)ccc23)cs1. The van der Waals surface area contributed by atoms with Gasteiger partial charge in [0.1, 0.15) is 22.9 Å². The molecule has 4 aromatic rings. The molecule has 2 heterocycles. The van der Waals surface area contributed by atoms with Crippen LogP contribution in [-0.2, 0) is 22.6 Å². The molecule has 0 spiro atoms. The lowest BCUT2D eigenvalue weighted by molar-refractivity contribution is -0.144. The molecule has 0 aliphatic heterocycles. The van der Waals surface area contributed by atoms with Crippen LogP contribution in [0, 0.1) is 6.92 Å². The van der Waals surface area contributed by atoms with E-state index in [1.165, 1.54) is 11.3 Å². The Labute approximate surface area is 166 Å². The number of ether oxygens (including phenoxy) is 2. The lowest BCUT2D eigenvalue weighted by atomic mass is 10.1. The van der Waals surface area contributed by atoms with Gasteiger partial charge in [0.2, 0.25) is 0 Å². The van der Waals surface area contributed by atoms with Gasteiger partial charge in [-0.2, -0.15) is 0 Å². The molecule has 2 aromatic heterocycles. The number of para-hydroxylation sites is 1. The van der Waals surface area contributed by atoms with E-state index in [0.29, 0.717) is 5.69 Å². The largest absolute Gasteiger partial charge is 0.496 e. The maximum atomic E-state index is 12.3. The Hall–Kier alpha value is -3.12. The first-order valence-electron chi connectivity index (χ1n) is 8.84. The molecule has 0 amide bonds. The van der Waals surface area contributed by atoms with Gasteiger partial charge in [0.05, 0.1) is 31.1 Å². The molecule has 0 unspecified atom stereocenters. The molecule has 6 heteroatoms. The van der Waals surface area contributed by atoms with Crippen molar-refractivity contribution in [3.63, 3.8) is 0 Å². The number of benzene rings is 2. The molecule has 0 fully saturated rings. The summed E-state index contributed by atoms with van der Waals surface area (Å²) in [6, 6.07) is 13.6. The minimum absolute atomic E-state index is 0.138.